The van der Waals surface area contributed by atoms with Crippen LogP contribution in [0.4, 0.5) is 0 Å². The quantitative estimate of drug-likeness (QED) is 0.190. The predicted octanol–water partition coefficient (Wildman–Crippen LogP) is -1.27. The minimum absolute atomic E-state index is 0.320. The second-order valence-electron chi connectivity index (χ2n) is 4.40. The molecule has 0 heterocycles. The minimum Gasteiger partial charge on any atom is -0.394 e. The number of hydrogen-bond acceptors (Lipinski definition) is 7. The summed E-state index contributed by atoms with van der Waals surface area (Å²) in [5.41, 5.74) is 0. The van der Waals surface area contributed by atoms with E-state index in [1.807, 2.05) is 6.92 Å². The molecule has 0 amide bonds. The Labute approximate surface area is 124 Å². The second-order valence-corrected chi connectivity index (χ2v) is 5.59. The summed E-state index contributed by atoms with van der Waals surface area (Å²) >= 11 is 0. The molecule has 0 aromatic rings. The van der Waals surface area contributed by atoms with Crippen molar-refractivity contribution in [2.24, 2.45) is 0 Å². The summed E-state index contributed by atoms with van der Waals surface area (Å²) in [7, 11) is -4.61. The van der Waals surface area contributed by atoms with Crippen LogP contribution >= 0.6 is 7.82 Å². The van der Waals surface area contributed by atoms with Crippen LogP contribution in [0.2, 0.25) is 0 Å². The van der Waals surface area contributed by atoms with Crippen molar-refractivity contribution < 1.29 is 44.4 Å². The molecule has 0 bridgehead atoms. The fourth-order valence-electron chi connectivity index (χ4n) is 1.26. The highest BCUT2D eigenvalue weighted by molar-refractivity contribution is 7.46. The molecular formula is C11H27O9P. The lowest BCUT2D eigenvalue weighted by molar-refractivity contribution is -0.0178. The third-order valence-electron chi connectivity index (χ3n) is 2.40. The first-order valence-electron chi connectivity index (χ1n) is 6.64. The van der Waals surface area contributed by atoms with E-state index in [4.69, 9.17) is 30.2 Å². The van der Waals surface area contributed by atoms with Gasteiger partial charge in [0.05, 0.1) is 25.9 Å². The van der Waals surface area contributed by atoms with Gasteiger partial charge in [-0.2, -0.15) is 0 Å². The smallest absolute Gasteiger partial charge is 0.394 e. The number of rotatable bonds is 10. The molecular weight excluding hydrogens is 307 g/mol. The largest absolute Gasteiger partial charge is 0.469 e. The molecule has 0 radical (unpaired) electrons. The first kappa shape index (κ1) is 23.2. The Morgan fingerprint density at radius 2 is 1.52 bits per heavy atom. The molecule has 0 saturated carbocycles. The molecule has 0 spiro atoms. The number of phosphoric acid groups is 1. The van der Waals surface area contributed by atoms with Crippen LogP contribution in [0.3, 0.4) is 0 Å². The van der Waals surface area contributed by atoms with Crippen LogP contribution < -0.4 is 0 Å². The molecule has 2 atom stereocenters. The highest BCUT2D eigenvalue weighted by Crippen LogP contribution is 2.39. The Hall–Kier alpha value is -0.0900. The van der Waals surface area contributed by atoms with E-state index in [9.17, 15) is 9.67 Å². The van der Waals surface area contributed by atoms with Crippen molar-refractivity contribution in [2.45, 2.75) is 50.9 Å². The van der Waals surface area contributed by atoms with Gasteiger partial charge in [-0.1, -0.05) is 26.2 Å². The molecule has 9 nitrogen and oxygen atoms in total. The Kier molecular flexibility index (Phi) is 15.0. The maximum absolute atomic E-state index is 10.6. The van der Waals surface area contributed by atoms with Gasteiger partial charge in [0.2, 0.25) is 0 Å². The van der Waals surface area contributed by atoms with Crippen molar-refractivity contribution in [2.75, 3.05) is 19.8 Å². The molecule has 0 aliphatic carbocycles. The summed E-state index contributed by atoms with van der Waals surface area (Å²) in [4.78, 5) is 17.2. The van der Waals surface area contributed by atoms with E-state index in [1.165, 1.54) is 0 Å². The van der Waals surface area contributed by atoms with Gasteiger partial charge in [0.15, 0.2) is 0 Å². The SMILES string of the molecule is CCCCCC(OP(=O)(O)O)C(O)CO.OCC(O)CO. The van der Waals surface area contributed by atoms with Gasteiger partial charge in [-0.25, -0.2) is 4.57 Å². The van der Waals surface area contributed by atoms with Crippen molar-refractivity contribution in [3.05, 3.63) is 0 Å². The van der Waals surface area contributed by atoms with Gasteiger partial charge in [0, 0.05) is 0 Å². The third kappa shape index (κ3) is 16.1. The number of aliphatic hydroxyl groups excluding tert-OH is 5. The Morgan fingerprint density at radius 3 is 1.81 bits per heavy atom. The number of unbranched alkanes of at least 4 members (excludes halogenated alkanes) is 2. The minimum atomic E-state index is -4.61. The van der Waals surface area contributed by atoms with Gasteiger partial charge >= 0.3 is 7.82 Å². The van der Waals surface area contributed by atoms with E-state index < -0.39 is 32.7 Å². The molecule has 21 heavy (non-hydrogen) atoms. The molecule has 7 N–H and O–H groups in total. The molecule has 0 aliphatic heterocycles. The molecule has 10 heteroatoms. The Balaban J connectivity index is 0. The molecule has 0 aliphatic rings. The van der Waals surface area contributed by atoms with Crippen molar-refractivity contribution in [1.82, 2.24) is 0 Å². The summed E-state index contributed by atoms with van der Waals surface area (Å²) in [6.07, 6.45) is -0.363. The molecule has 0 rings (SSSR count). The van der Waals surface area contributed by atoms with Gasteiger partial charge in [0.1, 0.15) is 12.2 Å². The Morgan fingerprint density at radius 1 is 1.00 bits per heavy atom. The van der Waals surface area contributed by atoms with Crippen LogP contribution in [-0.4, -0.2) is 73.5 Å². The second kappa shape index (κ2) is 13.6. The normalized spacial score (nSPS) is 14.5. The van der Waals surface area contributed by atoms with Crippen molar-refractivity contribution in [3.8, 4) is 0 Å². The fourth-order valence-corrected chi connectivity index (χ4v) is 1.86. The molecule has 0 aromatic heterocycles. The zero-order valence-corrected chi connectivity index (χ0v) is 13.0. The van der Waals surface area contributed by atoms with Crippen LogP contribution in [0, 0.1) is 0 Å². The first-order chi connectivity index (χ1) is 9.71. The van der Waals surface area contributed by atoms with Crippen LogP contribution in [0.5, 0.6) is 0 Å². The topological polar surface area (TPSA) is 168 Å². The highest BCUT2D eigenvalue weighted by atomic mass is 31.2. The maximum Gasteiger partial charge on any atom is 0.469 e. The predicted molar refractivity (Wildman–Crippen MR) is 74.3 cm³/mol. The lowest BCUT2D eigenvalue weighted by atomic mass is 10.1. The standard InChI is InChI=1S/C8H19O6P.C3H8O3/c1-2-3-4-5-8(7(10)6-9)14-15(11,12)13;4-1-3(6)2-5/h7-10H,2-6H2,1H3,(H2,11,12,13);3-6H,1-2H2. The van der Waals surface area contributed by atoms with Crippen molar-refractivity contribution >= 4 is 7.82 Å². The van der Waals surface area contributed by atoms with E-state index in [2.05, 4.69) is 4.52 Å². The van der Waals surface area contributed by atoms with Crippen molar-refractivity contribution in [1.29, 1.82) is 0 Å². The van der Waals surface area contributed by atoms with Crippen LogP contribution in [0.25, 0.3) is 0 Å². The zero-order chi connectivity index (χ0) is 16.9. The zero-order valence-electron chi connectivity index (χ0n) is 12.1. The van der Waals surface area contributed by atoms with Crippen molar-refractivity contribution in [3.63, 3.8) is 0 Å². The molecule has 0 aromatic carbocycles. The first-order valence-corrected chi connectivity index (χ1v) is 8.17. The average Bonchev–Trinajstić information content (AvgIpc) is 2.44. The van der Waals surface area contributed by atoms with E-state index in [0.29, 0.717) is 12.8 Å². The monoisotopic (exact) mass is 334 g/mol. The fraction of sp³-hybridized carbons (Fsp3) is 1.00. The van der Waals surface area contributed by atoms with Gasteiger partial charge in [-0.05, 0) is 6.42 Å². The summed E-state index contributed by atoms with van der Waals surface area (Å²) < 4.78 is 15.0. The summed E-state index contributed by atoms with van der Waals surface area (Å²) in [6, 6.07) is 0. The van der Waals surface area contributed by atoms with E-state index in [0.717, 1.165) is 12.8 Å². The average molecular weight is 334 g/mol. The van der Waals surface area contributed by atoms with Crippen LogP contribution in [0.1, 0.15) is 32.6 Å². The van der Waals surface area contributed by atoms with Gasteiger partial charge in [-0.15, -0.1) is 0 Å². The summed E-state index contributed by atoms with van der Waals surface area (Å²) in [5, 5.41) is 42.0. The molecule has 2 unspecified atom stereocenters. The molecule has 0 saturated heterocycles. The molecule has 0 fully saturated rings. The highest BCUT2D eigenvalue weighted by Gasteiger charge is 2.27. The lowest BCUT2D eigenvalue weighted by Gasteiger charge is -2.21. The van der Waals surface area contributed by atoms with E-state index in [-0.39, 0.29) is 13.2 Å². The number of hydrogen-bond donors (Lipinski definition) is 7. The van der Waals surface area contributed by atoms with E-state index in [1.54, 1.807) is 0 Å². The maximum atomic E-state index is 10.6. The summed E-state index contributed by atoms with van der Waals surface area (Å²) in [5.74, 6) is 0. The third-order valence-corrected chi connectivity index (χ3v) is 2.95. The van der Waals surface area contributed by atoms with E-state index >= 15 is 0 Å². The number of phosphoric ester groups is 1. The Bertz CT molecular complexity index is 266. The van der Waals surface area contributed by atoms with Gasteiger partial charge < -0.3 is 35.3 Å². The van der Waals surface area contributed by atoms with Crippen LogP contribution in [0.15, 0.2) is 0 Å². The number of aliphatic hydroxyl groups is 5. The van der Waals surface area contributed by atoms with Gasteiger partial charge in [-0.3, -0.25) is 4.52 Å². The van der Waals surface area contributed by atoms with Gasteiger partial charge in [0.25, 0.3) is 0 Å². The van der Waals surface area contributed by atoms with Crippen LogP contribution in [-0.2, 0) is 9.09 Å². The summed E-state index contributed by atoms with van der Waals surface area (Å²) in [6.45, 7) is 0.686. The lowest BCUT2D eigenvalue weighted by Crippen LogP contribution is -2.31. The molecule has 130 valence electrons.